The Hall–Kier alpha value is -1.75. The number of rotatable bonds is 3. The number of nitrogens with two attached hydrogens (primary N) is 1. The lowest BCUT2D eigenvalue weighted by atomic mass is 10.1. The second-order valence-corrected chi connectivity index (χ2v) is 2.70. The van der Waals surface area contributed by atoms with Crippen molar-refractivity contribution >= 4 is 5.69 Å². The highest BCUT2D eigenvalue weighted by Gasteiger charge is 2.19. The lowest BCUT2D eigenvalue weighted by Gasteiger charge is -2.07. The zero-order valence-electron chi connectivity index (χ0n) is 7.31. The third kappa shape index (κ3) is 1.77. The van der Waals surface area contributed by atoms with E-state index < -0.39 is 22.5 Å². The quantitative estimate of drug-likeness (QED) is 0.456. The first kappa shape index (κ1) is 10.3. The number of halogens is 1. The van der Waals surface area contributed by atoms with Crippen LogP contribution in [0.25, 0.3) is 0 Å². The number of hydrogen-bond donors (Lipinski definition) is 1. The minimum Gasteiger partial charge on any atom is -0.321 e. The summed E-state index contributed by atoms with van der Waals surface area (Å²) in [5, 5.41) is 10.4. The molecule has 0 aliphatic rings. The molecular formula is C9H9FN2O2. The van der Waals surface area contributed by atoms with E-state index in [4.69, 9.17) is 5.73 Å². The highest BCUT2D eigenvalue weighted by molar-refractivity contribution is 5.39. The fraction of sp³-hybridized carbons (Fsp3) is 0.111. The summed E-state index contributed by atoms with van der Waals surface area (Å²) in [6, 6.07) is 3.15. The summed E-state index contributed by atoms with van der Waals surface area (Å²) < 4.78 is 13.4. The average molecular weight is 196 g/mol. The summed E-state index contributed by atoms with van der Waals surface area (Å²) in [5.41, 5.74) is 4.99. The topological polar surface area (TPSA) is 69.2 Å². The van der Waals surface area contributed by atoms with Gasteiger partial charge < -0.3 is 5.73 Å². The molecule has 0 aliphatic heterocycles. The molecule has 5 heteroatoms. The average Bonchev–Trinajstić information content (AvgIpc) is 2.16. The smallest absolute Gasteiger partial charge is 0.305 e. The van der Waals surface area contributed by atoms with Crippen molar-refractivity contribution in [2.24, 2.45) is 5.73 Å². The fourth-order valence-electron chi connectivity index (χ4n) is 1.06. The molecule has 0 aromatic heterocycles. The first-order valence-electron chi connectivity index (χ1n) is 3.89. The third-order valence-corrected chi connectivity index (χ3v) is 1.82. The van der Waals surface area contributed by atoms with E-state index in [0.29, 0.717) is 0 Å². The van der Waals surface area contributed by atoms with Crippen LogP contribution in [-0.4, -0.2) is 4.92 Å². The highest BCUT2D eigenvalue weighted by Crippen LogP contribution is 2.24. The zero-order valence-corrected chi connectivity index (χ0v) is 7.31. The normalized spacial score (nSPS) is 12.1. The molecule has 4 nitrogen and oxygen atoms in total. The molecule has 14 heavy (non-hydrogen) atoms. The molecule has 1 aromatic rings. The second kappa shape index (κ2) is 3.97. The van der Waals surface area contributed by atoms with Crippen molar-refractivity contribution < 1.29 is 9.31 Å². The van der Waals surface area contributed by atoms with Crippen LogP contribution in [0.4, 0.5) is 10.1 Å². The Balaban J connectivity index is 3.26. The first-order valence-corrected chi connectivity index (χ1v) is 3.89. The maximum Gasteiger partial charge on any atom is 0.305 e. The molecule has 1 unspecified atom stereocenters. The van der Waals surface area contributed by atoms with Gasteiger partial charge in [0.2, 0.25) is 5.82 Å². The summed E-state index contributed by atoms with van der Waals surface area (Å²) in [7, 11) is 0. The monoisotopic (exact) mass is 196 g/mol. The molecule has 0 radical (unpaired) electrons. The summed E-state index contributed by atoms with van der Waals surface area (Å²) in [5.74, 6) is -0.898. The van der Waals surface area contributed by atoms with Gasteiger partial charge in [-0.15, -0.1) is 6.58 Å². The summed E-state index contributed by atoms with van der Waals surface area (Å²) in [6.07, 6.45) is 1.32. The van der Waals surface area contributed by atoms with Gasteiger partial charge in [0.25, 0.3) is 0 Å². The van der Waals surface area contributed by atoms with Crippen LogP contribution in [0.15, 0.2) is 30.9 Å². The molecule has 1 atom stereocenters. The van der Waals surface area contributed by atoms with Crippen LogP contribution in [-0.2, 0) is 0 Å². The van der Waals surface area contributed by atoms with Crippen molar-refractivity contribution in [3.8, 4) is 0 Å². The summed E-state index contributed by atoms with van der Waals surface area (Å²) >= 11 is 0. The molecule has 0 saturated carbocycles. The van der Waals surface area contributed by atoms with Gasteiger partial charge in [-0.2, -0.15) is 4.39 Å². The van der Waals surface area contributed by atoms with Gasteiger partial charge in [-0.1, -0.05) is 18.2 Å². The van der Waals surface area contributed by atoms with E-state index in [0.717, 1.165) is 6.07 Å². The predicted molar refractivity (Wildman–Crippen MR) is 50.2 cm³/mol. The van der Waals surface area contributed by atoms with Gasteiger partial charge in [0, 0.05) is 11.6 Å². The zero-order chi connectivity index (χ0) is 10.7. The molecular weight excluding hydrogens is 187 g/mol. The Kier molecular flexibility index (Phi) is 2.93. The third-order valence-electron chi connectivity index (χ3n) is 1.82. The van der Waals surface area contributed by atoms with Crippen LogP contribution < -0.4 is 5.73 Å². The van der Waals surface area contributed by atoms with E-state index in [2.05, 4.69) is 6.58 Å². The van der Waals surface area contributed by atoms with Gasteiger partial charge in [-0.25, -0.2) is 0 Å². The van der Waals surface area contributed by atoms with E-state index in [9.17, 15) is 14.5 Å². The van der Waals surface area contributed by atoms with E-state index in [1.807, 2.05) is 0 Å². The van der Waals surface area contributed by atoms with Crippen molar-refractivity contribution in [2.75, 3.05) is 0 Å². The minimum absolute atomic E-state index is 0.0780. The van der Waals surface area contributed by atoms with Crippen LogP contribution in [0.3, 0.4) is 0 Å². The SMILES string of the molecule is C=CC(N)c1cccc([N+](=O)[O-])c1F. The molecule has 1 rings (SSSR count). The second-order valence-electron chi connectivity index (χ2n) is 2.70. The van der Waals surface area contributed by atoms with Crippen LogP contribution in [0, 0.1) is 15.9 Å². The van der Waals surface area contributed by atoms with E-state index in [-0.39, 0.29) is 5.56 Å². The van der Waals surface area contributed by atoms with Crippen molar-refractivity contribution in [3.05, 3.63) is 52.3 Å². The maximum absolute atomic E-state index is 13.4. The van der Waals surface area contributed by atoms with Crippen molar-refractivity contribution in [2.45, 2.75) is 6.04 Å². The predicted octanol–water partition coefficient (Wildman–Crippen LogP) is 1.92. The van der Waals surface area contributed by atoms with Gasteiger partial charge in [-0.05, 0) is 0 Å². The number of nitro benzene ring substituents is 1. The van der Waals surface area contributed by atoms with E-state index in [1.54, 1.807) is 0 Å². The number of benzene rings is 1. The highest BCUT2D eigenvalue weighted by atomic mass is 19.1. The van der Waals surface area contributed by atoms with Crippen LogP contribution >= 0.6 is 0 Å². The van der Waals surface area contributed by atoms with Gasteiger partial charge in [-0.3, -0.25) is 10.1 Å². The Morgan fingerprint density at radius 3 is 2.79 bits per heavy atom. The molecule has 1 aromatic carbocycles. The Labute approximate surface area is 80.0 Å². The van der Waals surface area contributed by atoms with Gasteiger partial charge in [0.05, 0.1) is 11.0 Å². The molecule has 0 fully saturated rings. The molecule has 0 heterocycles. The number of hydrogen-bond acceptors (Lipinski definition) is 3. The van der Waals surface area contributed by atoms with E-state index >= 15 is 0 Å². The van der Waals surface area contributed by atoms with Gasteiger partial charge >= 0.3 is 5.69 Å². The maximum atomic E-state index is 13.4. The Morgan fingerprint density at radius 2 is 2.29 bits per heavy atom. The molecule has 0 spiro atoms. The molecule has 2 N–H and O–H groups in total. The standard InChI is InChI=1S/C9H9FN2O2/c1-2-7(11)6-4-3-5-8(9(6)10)12(13)14/h2-5,7H,1,11H2. The fourth-order valence-corrected chi connectivity index (χ4v) is 1.06. The van der Waals surface area contributed by atoms with Crippen LogP contribution in [0.5, 0.6) is 0 Å². The largest absolute Gasteiger partial charge is 0.321 e. The van der Waals surface area contributed by atoms with Crippen LogP contribution in [0.2, 0.25) is 0 Å². The molecule has 0 amide bonds. The van der Waals surface area contributed by atoms with Crippen molar-refractivity contribution in [1.29, 1.82) is 0 Å². The summed E-state index contributed by atoms with van der Waals surface area (Å²) in [6.45, 7) is 3.39. The molecule has 0 bridgehead atoms. The first-order chi connectivity index (χ1) is 6.57. The number of nitro groups is 1. The lowest BCUT2D eigenvalue weighted by Crippen LogP contribution is -2.09. The molecule has 74 valence electrons. The summed E-state index contributed by atoms with van der Waals surface area (Å²) in [4.78, 5) is 9.60. The van der Waals surface area contributed by atoms with Gasteiger partial charge in [0.1, 0.15) is 0 Å². The molecule has 0 aliphatic carbocycles. The van der Waals surface area contributed by atoms with Crippen LogP contribution in [0.1, 0.15) is 11.6 Å². The van der Waals surface area contributed by atoms with Crippen molar-refractivity contribution in [3.63, 3.8) is 0 Å². The van der Waals surface area contributed by atoms with Gasteiger partial charge in [0.15, 0.2) is 0 Å². The minimum atomic E-state index is -0.898. The van der Waals surface area contributed by atoms with E-state index in [1.165, 1.54) is 18.2 Å². The Morgan fingerprint density at radius 1 is 1.64 bits per heavy atom. The molecule has 0 saturated heterocycles. The Bertz CT molecular complexity index is 379. The lowest BCUT2D eigenvalue weighted by molar-refractivity contribution is -0.387. The van der Waals surface area contributed by atoms with Crippen molar-refractivity contribution in [1.82, 2.24) is 0 Å². The number of nitrogens with zero attached hydrogens (tertiary/aromatic N) is 1.